The number of para-hydroxylation sites is 1. The number of nitrogens with zero attached hydrogens (tertiary/aromatic N) is 2. The van der Waals surface area contributed by atoms with Crippen molar-refractivity contribution >= 4 is 16.9 Å². The fourth-order valence-electron chi connectivity index (χ4n) is 4.96. The van der Waals surface area contributed by atoms with E-state index in [2.05, 4.69) is 44.5 Å². The molecule has 6 rings (SSSR count). The average molecular weight is 393 g/mol. The van der Waals surface area contributed by atoms with Crippen LogP contribution >= 0.6 is 0 Å². The van der Waals surface area contributed by atoms with Crippen molar-refractivity contribution in [2.75, 3.05) is 19.0 Å². The van der Waals surface area contributed by atoms with Crippen LogP contribution in [0, 0.1) is 11.8 Å². The number of nitrogens with one attached hydrogen (secondary N) is 2. The lowest BCUT2D eigenvalue weighted by molar-refractivity contribution is -0.0354. The molecule has 0 bridgehead atoms. The van der Waals surface area contributed by atoms with E-state index in [9.17, 15) is 0 Å². The van der Waals surface area contributed by atoms with Crippen LogP contribution in [-0.2, 0) is 4.74 Å². The Morgan fingerprint density at radius 2 is 2.07 bits per heavy atom. The number of anilines is 1. The van der Waals surface area contributed by atoms with E-state index in [4.69, 9.17) is 9.47 Å². The van der Waals surface area contributed by atoms with E-state index < -0.39 is 0 Å². The SMILES string of the molecule is COC1CC([C@H]2COc3ccccc3[C@@H]2Nc2ncnc3[nH]c(C4CC4)cc23)C1.[HH]. The molecule has 3 aliphatic rings. The van der Waals surface area contributed by atoms with E-state index in [0.717, 1.165) is 42.0 Å². The van der Waals surface area contributed by atoms with E-state index in [1.54, 1.807) is 6.33 Å². The molecule has 6 heteroatoms. The minimum Gasteiger partial charge on any atom is -0.493 e. The molecule has 2 aliphatic carbocycles. The van der Waals surface area contributed by atoms with Gasteiger partial charge in [-0.2, -0.15) is 0 Å². The van der Waals surface area contributed by atoms with Gasteiger partial charge in [0.25, 0.3) is 0 Å². The molecule has 2 saturated carbocycles. The fraction of sp³-hybridized carbons (Fsp3) is 0.478. The van der Waals surface area contributed by atoms with Gasteiger partial charge in [0.2, 0.25) is 0 Å². The number of hydrogen-bond donors (Lipinski definition) is 2. The largest absolute Gasteiger partial charge is 0.493 e. The predicted molar refractivity (Wildman–Crippen MR) is 113 cm³/mol. The first-order valence-corrected chi connectivity index (χ1v) is 10.6. The third-order valence-corrected chi connectivity index (χ3v) is 6.94. The van der Waals surface area contributed by atoms with E-state index in [-0.39, 0.29) is 7.47 Å². The monoisotopic (exact) mass is 392 g/mol. The summed E-state index contributed by atoms with van der Waals surface area (Å²) in [6.45, 7) is 0.727. The van der Waals surface area contributed by atoms with Crippen LogP contribution in [0.3, 0.4) is 0 Å². The highest BCUT2D eigenvalue weighted by Crippen LogP contribution is 2.47. The van der Waals surface area contributed by atoms with Crippen molar-refractivity contribution in [1.82, 2.24) is 15.0 Å². The molecule has 2 aromatic heterocycles. The Labute approximate surface area is 171 Å². The standard InChI is InChI=1S/C23H26N4O2.H2/c1-28-15-8-14(9-15)18-11-29-20-5-3-2-4-16(20)21(18)27-23-17-10-19(13-6-7-13)26-22(17)24-12-25-23;/h2-5,10,12-15,18,21H,6-9,11H2,1H3,(H2,24,25,26,27);1H/t14?,15?,18-,21+;/m1./s1. The Morgan fingerprint density at radius 1 is 1.21 bits per heavy atom. The van der Waals surface area contributed by atoms with Crippen molar-refractivity contribution in [2.24, 2.45) is 11.8 Å². The number of methoxy groups -OCH3 is 1. The summed E-state index contributed by atoms with van der Waals surface area (Å²) in [5.74, 6) is 3.53. The summed E-state index contributed by atoms with van der Waals surface area (Å²) in [6.07, 6.45) is 6.76. The molecule has 3 aromatic rings. The van der Waals surface area contributed by atoms with Gasteiger partial charge in [-0.05, 0) is 49.7 Å². The van der Waals surface area contributed by atoms with Crippen molar-refractivity contribution in [3.05, 3.63) is 47.9 Å². The highest BCUT2D eigenvalue weighted by Gasteiger charge is 2.43. The maximum Gasteiger partial charge on any atom is 0.143 e. The number of hydrogen-bond acceptors (Lipinski definition) is 5. The molecular formula is C23H28N4O2. The average Bonchev–Trinajstić information content (AvgIpc) is 3.47. The minimum absolute atomic E-state index is 0. The molecule has 2 atom stereocenters. The lowest BCUT2D eigenvalue weighted by Crippen LogP contribution is -2.43. The lowest BCUT2D eigenvalue weighted by Gasteiger charge is -2.45. The van der Waals surface area contributed by atoms with Gasteiger partial charge in [-0.3, -0.25) is 0 Å². The summed E-state index contributed by atoms with van der Waals surface area (Å²) in [4.78, 5) is 12.6. The smallest absolute Gasteiger partial charge is 0.143 e. The van der Waals surface area contributed by atoms with E-state index in [0.29, 0.717) is 23.9 Å². The molecule has 0 spiro atoms. The van der Waals surface area contributed by atoms with Gasteiger partial charge >= 0.3 is 0 Å². The van der Waals surface area contributed by atoms with E-state index in [1.807, 2.05) is 13.2 Å². The van der Waals surface area contributed by atoms with Gasteiger partial charge in [0.15, 0.2) is 0 Å². The molecule has 2 N–H and O–H groups in total. The maximum atomic E-state index is 6.14. The number of rotatable bonds is 5. The zero-order chi connectivity index (χ0) is 19.4. The zero-order valence-electron chi connectivity index (χ0n) is 16.6. The Balaban J connectivity index is 0.00000193. The number of ether oxygens (including phenoxy) is 2. The van der Waals surface area contributed by atoms with Crippen molar-refractivity contribution in [1.29, 1.82) is 0 Å². The van der Waals surface area contributed by atoms with Gasteiger partial charge < -0.3 is 19.8 Å². The number of fused-ring (bicyclic) bond motifs is 2. The van der Waals surface area contributed by atoms with Crippen LogP contribution in [-0.4, -0.2) is 34.8 Å². The molecule has 6 nitrogen and oxygen atoms in total. The van der Waals surface area contributed by atoms with Gasteiger partial charge in [0, 0.05) is 25.7 Å². The van der Waals surface area contributed by atoms with E-state index >= 15 is 0 Å². The third kappa shape index (κ3) is 2.97. The summed E-state index contributed by atoms with van der Waals surface area (Å²) >= 11 is 0. The maximum absolute atomic E-state index is 6.14. The summed E-state index contributed by atoms with van der Waals surface area (Å²) in [6, 6.07) is 10.8. The van der Waals surface area contributed by atoms with Crippen LogP contribution in [0.4, 0.5) is 5.82 Å². The molecule has 0 unspecified atom stereocenters. The van der Waals surface area contributed by atoms with Gasteiger partial charge in [-0.1, -0.05) is 18.2 Å². The zero-order valence-corrected chi connectivity index (χ0v) is 16.6. The molecule has 3 heterocycles. The van der Waals surface area contributed by atoms with E-state index in [1.165, 1.54) is 24.1 Å². The number of aromatic amines is 1. The fourth-order valence-corrected chi connectivity index (χ4v) is 4.96. The Kier molecular flexibility index (Phi) is 4.01. The van der Waals surface area contributed by atoms with Crippen LogP contribution in [0.1, 0.15) is 50.3 Å². The van der Waals surface area contributed by atoms with Crippen LogP contribution in [0.25, 0.3) is 11.0 Å². The van der Waals surface area contributed by atoms with Crippen molar-refractivity contribution in [3.63, 3.8) is 0 Å². The van der Waals surface area contributed by atoms with Crippen LogP contribution in [0.2, 0.25) is 0 Å². The summed E-state index contributed by atoms with van der Waals surface area (Å²) in [5.41, 5.74) is 3.42. The first-order valence-electron chi connectivity index (χ1n) is 10.6. The Morgan fingerprint density at radius 3 is 2.90 bits per heavy atom. The van der Waals surface area contributed by atoms with Crippen molar-refractivity contribution in [2.45, 2.75) is 43.7 Å². The first-order chi connectivity index (χ1) is 14.3. The molecule has 1 aromatic carbocycles. The Bertz CT molecular complexity index is 1040. The molecule has 29 heavy (non-hydrogen) atoms. The normalized spacial score (nSPS) is 28.4. The quantitative estimate of drug-likeness (QED) is 0.660. The van der Waals surface area contributed by atoms with Crippen LogP contribution < -0.4 is 10.1 Å². The first kappa shape index (κ1) is 17.3. The molecule has 1 aliphatic heterocycles. The topological polar surface area (TPSA) is 72.1 Å². The Hall–Kier alpha value is -2.60. The second kappa shape index (κ2) is 6.73. The number of benzene rings is 1. The summed E-state index contributed by atoms with van der Waals surface area (Å²) in [7, 11) is 1.81. The highest BCUT2D eigenvalue weighted by atomic mass is 16.5. The summed E-state index contributed by atoms with van der Waals surface area (Å²) < 4.78 is 11.7. The second-order valence-electron chi connectivity index (χ2n) is 8.71. The van der Waals surface area contributed by atoms with Gasteiger partial charge in [0.05, 0.1) is 24.1 Å². The molecular weight excluding hydrogens is 364 g/mol. The lowest BCUT2D eigenvalue weighted by atomic mass is 9.69. The summed E-state index contributed by atoms with van der Waals surface area (Å²) in [5, 5.41) is 4.88. The van der Waals surface area contributed by atoms with Crippen LogP contribution in [0.5, 0.6) is 5.75 Å². The molecule has 0 radical (unpaired) electrons. The molecule has 0 saturated heterocycles. The number of aromatic nitrogens is 3. The highest BCUT2D eigenvalue weighted by molar-refractivity contribution is 5.88. The van der Waals surface area contributed by atoms with Gasteiger partial charge in [-0.15, -0.1) is 0 Å². The predicted octanol–water partition coefficient (Wildman–Crippen LogP) is 4.67. The van der Waals surface area contributed by atoms with Crippen molar-refractivity contribution < 1.29 is 10.9 Å². The number of H-pyrrole nitrogens is 1. The van der Waals surface area contributed by atoms with Gasteiger partial charge in [0.1, 0.15) is 23.5 Å². The van der Waals surface area contributed by atoms with Crippen molar-refractivity contribution in [3.8, 4) is 5.75 Å². The second-order valence-corrected chi connectivity index (χ2v) is 8.71. The molecule has 0 amide bonds. The molecule has 2 fully saturated rings. The van der Waals surface area contributed by atoms with Crippen LogP contribution in [0.15, 0.2) is 36.7 Å². The minimum atomic E-state index is 0. The third-order valence-electron chi connectivity index (χ3n) is 6.94. The van der Waals surface area contributed by atoms with Gasteiger partial charge in [-0.25, -0.2) is 9.97 Å². The molecule has 152 valence electrons.